The van der Waals surface area contributed by atoms with E-state index in [0.717, 1.165) is 11.4 Å². The molecule has 2 rings (SSSR count). The van der Waals surface area contributed by atoms with Gasteiger partial charge in [0.1, 0.15) is 11.0 Å². The molecular formula is C8H10N4OS. The zero-order chi connectivity index (χ0) is 9.97. The summed E-state index contributed by atoms with van der Waals surface area (Å²) in [4.78, 5) is 8.25. The van der Waals surface area contributed by atoms with Crippen molar-refractivity contribution in [3.63, 3.8) is 0 Å². The third-order valence-corrected chi connectivity index (χ3v) is 2.64. The van der Waals surface area contributed by atoms with E-state index in [9.17, 15) is 0 Å². The third-order valence-electron chi connectivity index (χ3n) is 1.78. The molecule has 0 saturated heterocycles. The number of hydrogen-bond donors (Lipinski definition) is 1. The molecular weight excluding hydrogens is 200 g/mol. The van der Waals surface area contributed by atoms with Gasteiger partial charge in [0.25, 0.3) is 0 Å². The van der Waals surface area contributed by atoms with Crippen molar-refractivity contribution in [2.24, 2.45) is 5.73 Å². The van der Waals surface area contributed by atoms with E-state index in [-0.39, 0.29) is 6.04 Å². The minimum Gasteiger partial charge on any atom is -0.339 e. The lowest BCUT2D eigenvalue weighted by Crippen LogP contribution is -2.13. The fourth-order valence-electron chi connectivity index (χ4n) is 1.04. The van der Waals surface area contributed by atoms with Crippen LogP contribution < -0.4 is 5.73 Å². The molecule has 1 unspecified atom stereocenters. The zero-order valence-electron chi connectivity index (χ0n) is 7.67. The molecule has 0 aliphatic carbocycles. The van der Waals surface area contributed by atoms with Crippen LogP contribution in [0.25, 0.3) is 0 Å². The number of aromatic nitrogens is 3. The van der Waals surface area contributed by atoms with Gasteiger partial charge in [0.05, 0.1) is 0 Å². The maximum absolute atomic E-state index is 5.89. The van der Waals surface area contributed by atoms with Gasteiger partial charge in [-0.25, -0.2) is 4.98 Å². The average molecular weight is 210 g/mol. The van der Waals surface area contributed by atoms with E-state index in [2.05, 4.69) is 15.1 Å². The lowest BCUT2D eigenvalue weighted by Gasteiger charge is -2.00. The first-order chi connectivity index (χ1) is 6.81. The summed E-state index contributed by atoms with van der Waals surface area (Å²) >= 11 is 1.48. The van der Waals surface area contributed by atoms with Crippen LogP contribution in [0.3, 0.4) is 0 Å². The van der Waals surface area contributed by atoms with Crippen molar-refractivity contribution in [1.29, 1.82) is 0 Å². The van der Waals surface area contributed by atoms with Crippen molar-refractivity contribution >= 4 is 11.3 Å². The van der Waals surface area contributed by atoms with Gasteiger partial charge in [0.15, 0.2) is 5.82 Å². The van der Waals surface area contributed by atoms with E-state index in [1.165, 1.54) is 11.3 Å². The monoisotopic (exact) mass is 210 g/mol. The average Bonchev–Trinajstić information content (AvgIpc) is 2.88. The van der Waals surface area contributed by atoms with Gasteiger partial charge in [-0.1, -0.05) is 12.1 Å². The van der Waals surface area contributed by atoms with Crippen molar-refractivity contribution in [3.8, 4) is 0 Å². The van der Waals surface area contributed by atoms with Crippen LogP contribution in [-0.4, -0.2) is 15.1 Å². The second kappa shape index (κ2) is 3.85. The molecule has 0 spiro atoms. The number of hydrogen-bond acceptors (Lipinski definition) is 6. The van der Waals surface area contributed by atoms with Crippen LogP contribution in [0, 0.1) is 0 Å². The molecule has 2 aromatic rings. The van der Waals surface area contributed by atoms with E-state index in [0.29, 0.717) is 11.7 Å². The normalized spacial score (nSPS) is 13.0. The quantitative estimate of drug-likeness (QED) is 0.821. The first-order valence-corrected chi connectivity index (χ1v) is 5.16. The SMILES string of the molecule is CCc1nc(C(N)c2nccs2)no1. The number of nitrogens with two attached hydrogens (primary N) is 1. The Hall–Kier alpha value is -1.27. The molecule has 2 heterocycles. The molecule has 1 atom stereocenters. The van der Waals surface area contributed by atoms with Crippen molar-refractivity contribution in [2.45, 2.75) is 19.4 Å². The molecule has 0 aliphatic rings. The second-order valence-electron chi connectivity index (χ2n) is 2.75. The topological polar surface area (TPSA) is 77.8 Å². The highest BCUT2D eigenvalue weighted by molar-refractivity contribution is 7.09. The third kappa shape index (κ3) is 1.66. The van der Waals surface area contributed by atoms with Crippen LogP contribution in [0.2, 0.25) is 0 Å². The van der Waals surface area contributed by atoms with E-state index >= 15 is 0 Å². The molecule has 0 amide bonds. The number of rotatable bonds is 3. The molecule has 0 aromatic carbocycles. The standard InChI is InChI=1S/C8H10N4OS/c1-2-5-11-7(12-13-5)6(9)8-10-3-4-14-8/h3-4,6H,2,9H2,1H3. The molecule has 6 heteroatoms. The Bertz CT molecular complexity index is 397. The Balaban J connectivity index is 2.23. The van der Waals surface area contributed by atoms with Gasteiger partial charge in [-0.2, -0.15) is 4.98 Å². The van der Waals surface area contributed by atoms with Gasteiger partial charge in [0, 0.05) is 18.0 Å². The first kappa shape index (κ1) is 9.29. The van der Waals surface area contributed by atoms with Gasteiger partial charge in [-0.15, -0.1) is 11.3 Å². The maximum Gasteiger partial charge on any atom is 0.226 e. The van der Waals surface area contributed by atoms with Crippen LogP contribution in [0.4, 0.5) is 0 Å². The van der Waals surface area contributed by atoms with Gasteiger partial charge >= 0.3 is 0 Å². The maximum atomic E-state index is 5.89. The van der Waals surface area contributed by atoms with Gasteiger partial charge in [-0.3, -0.25) is 0 Å². The summed E-state index contributed by atoms with van der Waals surface area (Å²) in [7, 11) is 0. The summed E-state index contributed by atoms with van der Waals surface area (Å²) in [6.45, 7) is 1.95. The summed E-state index contributed by atoms with van der Waals surface area (Å²) in [5.74, 6) is 1.10. The lowest BCUT2D eigenvalue weighted by atomic mass is 10.3. The lowest BCUT2D eigenvalue weighted by molar-refractivity contribution is 0.375. The molecule has 0 bridgehead atoms. The molecule has 2 N–H and O–H groups in total. The Labute approximate surface area is 85.0 Å². The van der Waals surface area contributed by atoms with Crippen LogP contribution in [0.15, 0.2) is 16.1 Å². The highest BCUT2D eigenvalue weighted by Crippen LogP contribution is 2.18. The molecule has 0 fully saturated rings. The second-order valence-corrected chi connectivity index (χ2v) is 3.67. The van der Waals surface area contributed by atoms with E-state index in [4.69, 9.17) is 10.3 Å². The fourth-order valence-corrected chi connectivity index (χ4v) is 1.67. The summed E-state index contributed by atoms with van der Waals surface area (Å²) in [5.41, 5.74) is 5.89. The van der Waals surface area contributed by atoms with Crippen molar-refractivity contribution in [3.05, 3.63) is 28.3 Å². The summed E-state index contributed by atoms with van der Waals surface area (Å²) < 4.78 is 4.97. The van der Waals surface area contributed by atoms with Crippen LogP contribution in [-0.2, 0) is 6.42 Å². The number of aryl methyl sites for hydroxylation is 1. The highest BCUT2D eigenvalue weighted by atomic mass is 32.1. The van der Waals surface area contributed by atoms with E-state index in [1.54, 1.807) is 6.20 Å². The van der Waals surface area contributed by atoms with Crippen molar-refractivity contribution in [2.75, 3.05) is 0 Å². The van der Waals surface area contributed by atoms with Crippen molar-refractivity contribution in [1.82, 2.24) is 15.1 Å². The van der Waals surface area contributed by atoms with E-state index < -0.39 is 0 Å². The molecule has 0 saturated carbocycles. The highest BCUT2D eigenvalue weighted by Gasteiger charge is 2.17. The summed E-state index contributed by atoms with van der Waals surface area (Å²) in [5, 5.41) is 6.47. The Morgan fingerprint density at radius 1 is 1.64 bits per heavy atom. The van der Waals surface area contributed by atoms with E-state index in [1.807, 2.05) is 12.3 Å². The summed E-state index contributed by atoms with van der Waals surface area (Å²) in [6.07, 6.45) is 2.43. The molecule has 2 aromatic heterocycles. The fraction of sp³-hybridized carbons (Fsp3) is 0.375. The Kier molecular flexibility index (Phi) is 2.55. The minimum atomic E-state index is -0.376. The van der Waals surface area contributed by atoms with Gasteiger partial charge in [-0.05, 0) is 0 Å². The van der Waals surface area contributed by atoms with Gasteiger partial charge in [0.2, 0.25) is 5.89 Å². The smallest absolute Gasteiger partial charge is 0.226 e. The largest absolute Gasteiger partial charge is 0.339 e. The van der Waals surface area contributed by atoms with Crippen LogP contribution in [0.1, 0.15) is 29.7 Å². The number of thiazole rings is 1. The van der Waals surface area contributed by atoms with Crippen LogP contribution in [0.5, 0.6) is 0 Å². The number of nitrogens with zero attached hydrogens (tertiary/aromatic N) is 3. The predicted molar refractivity (Wildman–Crippen MR) is 51.8 cm³/mol. The summed E-state index contributed by atoms with van der Waals surface area (Å²) in [6, 6.07) is -0.376. The molecule has 14 heavy (non-hydrogen) atoms. The van der Waals surface area contributed by atoms with Crippen molar-refractivity contribution < 1.29 is 4.52 Å². The first-order valence-electron chi connectivity index (χ1n) is 4.28. The molecule has 5 nitrogen and oxygen atoms in total. The minimum absolute atomic E-state index is 0.376. The molecule has 0 radical (unpaired) electrons. The Morgan fingerprint density at radius 2 is 2.50 bits per heavy atom. The predicted octanol–water partition coefficient (Wildman–Crippen LogP) is 1.14. The molecule has 0 aliphatic heterocycles. The van der Waals surface area contributed by atoms with Gasteiger partial charge < -0.3 is 10.3 Å². The van der Waals surface area contributed by atoms with Crippen LogP contribution >= 0.6 is 11.3 Å². The Morgan fingerprint density at radius 3 is 3.07 bits per heavy atom. The zero-order valence-corrected chi connectivity index (χ0v) is 8.49. The molecule has 74 valence electrons.